The lowest BCUT2D eigenvalue weighted by Gasteiger charge is -2.23. The molecule has 2 aromatic rings. The molecule has 8 heteroatoms. The summed E-state index contributed by atoms with van der Waals surface area (Å²) < 4.78 is 7.23. The van der Waals surface area contributed by atoms with Gasteiger partial charge in [-0.1, -0.05) is 12.8 Å². The van der Waals surface area contributed by atoms with Gasteiger partial charge in [0.05, 0.1) is 19.3 Å². The smallest absolute Gasteiger partial charge is 0.278 e. The summed E-state index contributed by atoms with van der Waals surface area (Å²) in [4.78, 5) is 22.2. The molecule has 0 aliphatic carbocycles. The number of fused-ring (bicyclic) bond motifs is 1. The van der Waals surface area contributed by atoms with Crippen molar-refractivity contribution >= 4 is 11.2 Å². The minimum Gasteiger partial charge on any atom is -0.392 e. The molecule has 0 saturated carbocycles. The van der Waals surface area contributed by atoms with E-state index in [0.29, 0.717) is 5.65 Å². The number of nitrogens with one attached hydrogen (secondary N) is 1. The van der Waals surface area contributed by atoms with Gasteiger partial charge in [-0.3, -0.25) is 9.36 Å². The Morgan fingerprint density at radius 3 is 3.00 bits per heavy atom. The number of hydrogen-bond acceptors (Lipinski definition) is 6. The van der Waals surface area contributed by atoms with Crippen LogP contribution in [0, 0.1) is 18.3 Å². The molecule has 4 atom stereocenters. The number of aromatic amines is 1. The third kappa shape index (κ3) is 1.79. The Morgan fingerprint density at radius 2 is 2.38 bits per heavy atom. The lowest BCUT2D eigenvalue weighted by molar-refractivity contribution is -0.0896. The molecular weight excluding hydrogens is 276 g/mol. The lowest BCUT2D eigenvalue weighted by atomic mass is 9.92. The average Bonchev–Trinajstić information content (AvgIpc) is 3.02. The van der Waals surface area contributed by atoms with E-state index in [4.69, 9.17) is 11.2 Å². The number of rotatable bonds is 2. The molecule has 1 aliphatic heterocycles. The number of aromatic nitrogens is 4. The fraction of sp³-hybridized carbons (Fsp3) is 0.462. The maximum Gasteiger partial charge on any atom is 0.278 e. The van der Waals surface area contributed by atoms with Crippen molar-refractivity contribution in [3.8, 4) is 12.3 Å². The molecule has 0 aromatic carbocycles. The third-order valence-electron chi connectivity index (χ3n) is 3.88. The van der Waals surface area contributed by atoms with E-state index in [1.165, 1.54) is 17.2 Å². The Kier molecular flexibility index (Phi) is 3.06. The fourth-order valence-electron chi connectivity index (χ4n) is 2.63. The Morgan fingerprint density at radius 1 is 1.62 bits per heavy atom. The lowest BCUT2D eigenvalue weighted by Crippen LogP contribution is -2.43. The first-order chi connectivity index (χ1) is 10.0. The van der Waals surface area contributed by atoms with Crippen LogP contribution in [-0.4, -0.2) is 48.0 Å². The van der Waals surface area contributed by atoms with E-state index in [0.717, 1.165) is 0 Å². The zero-order valence-corrected chi connectivity index (χ0v) is 11.2. The van der Waals surface area contributed by atoms with Gasteiger partial charge in [0, 0.05) is 5.92 Å². The molecule has 21 heavy (non-hydrogen) atoms. The molecule has 0 bridgehead atoms. The van der Waals surface area contributed by atoms with Crippen LogP contribution in [0.25, 0.3) is 11.2 Å². The molecule has 0 amide bonds. The maximum absolute atomic E-state index is 11.7. The van der Waals surface area contributed by atoms with E-state index in [1.54, 1.807) is 6.92 Å². The van der Waals surface area contributed by atoms with Crippen LogP contribution in [0.15, 0.2) is 17.4 Å². The second kappa shape index (κ2) is 4.66. The molecular formula is C13H14N4O4. The van der Waals surface area contributed by atoms with Crippen LogP contribution in [-0.2, 0) is 4.74 Å². The van der Waals surface area contributed by atoms with Crippen molar-refractivity contribution in [2.75, 3.05) is 6.61 Å². The average molecular weight is 290 g/mol. The molecule has 0 spiro atoms. The van der Waals surface area contributed by atoms with Crippen LogP contribution in [0.2, 0.25) is 0 Å². The molecule has 110 valence electrons. The highest BCUT2D eigenvalue weighted by Crippen LogP contribution is 2.41. The van der Waals surface area contributed by atoms with E-state index in [-0.39, 0.29) is 11.1 Å². The summed E-state index contributed by atoms with van der Waals surface area (Å²) in [6.45, 7) is 1.23. The Balaban J connectivity index is 2.10. The molecule has 3 N–H and O–H groups in total. The van der Waals surface area contributed by atoms with Crippen molar-refractivity contribution in [1.82, 2.24) is 19.5 Å². The van der Waals surface area contributed by atoms with Crippen molar-refractivity contribution in [1.29, 1.82) is 0 Å². The SMILES string of the molecule is C#C[C@]1(CO)O[C@@H](n2cnc3c(=O)[nH]cnc32)[C@@H](C)[C@@H]1O. The number of terminal acetylenes is 1. The van der Waals surface area contributed by atoms with Gasteiger partial charge in [0.2, 0.25) is 0 Å². The summed E-state index contributed by atoms with van der Waals surface area (Å²) in [7, 11) is 0. The number of H-pyrrole nitrogens is 1. The first-order valence-electron chi connectivity index (χ1n) is 6.39. The van der Waals surface area contributed by atoms with Crippen molar-refractivity contribution < 1.29 is 14.9 Å². The minimum absolute atomic E-state index is 0.171. The molecule has 2 aromatic heterocycles. The molecule has 1 fully saturated rings. The first-order valence-corrected chi connectivity index (χ1v) is 6.39. The highest BCUT2D eigenvalue weighted by atomic mass is 16.6. The van der Waals surface area contributed by atoms with Gasteiger partial charge in [-0.15, -0.1) is 6.42 Å². The fourth-order valence-corrected chi connectivity index (χ4v) is 2.63. The summed E-state index contributed by atoms with van der Waals surface area (Å²) in [5.74, 6) is 1.90. The van der Waals surface area contributed by atoms with Gasteiger partial charge in [-0.05, 0) is 0 Å². The first kappa shape index (κ1) is 13.8. The second-order valence-electron chi connectivity index (χ2n) is 5.06. The Hall–Kier alpha value is -2.21. The maximum atomic E-state index is 11.7. The van der Waals surface area contributed by atoms with Crippen LogP contribution >= 0.6 is 0 Å². The molecule has 1 aliphatic rings. The second-order valence-corrected chi connectivity index (χ2v) is 5.06. The van der Waals surface area contributed by atoms with Gasteiger partial charge in [-0.2, -0.15) is 0 Å². The molecule has 0 unspecified atom stereocenters. The van der Waals surface area contributed by atoms with Crippen LogP contribution in [0.5, 0.6) is 0 Å². The number of nitrogens with zero attached hydrogens (tertiary/aromatic N) is 3. The van der Waals surface area contributed by atoms with E-state index < -0.39 is 30.5 Å². The van der Waals surface area contributed by atoms with Gasteiger partial charge in [0.1, 0.15) is 12.3 Å². The molecule has 3 rings (SSSR count). The number of aliphatic hydroxyl groups is 2. The quantitative estimate of drug-likeness (QED) is 0.612. The minimum atomic E-state index is -1.47. The van der Waals surface area contributed by atoms with E-state index in [9.17, 15) is 15.0 Å². The van der Waals surface area contributed by atoms with Gasteiger partial charge in [-0.25, -0.2) is 9.97 Å². The monoisotopic (exact) mass is 290 g/mol. The van der Waals surface area contributed by atoms with E-state index in [2.05, 4.69) is 20.9 Å². The van der Waals surface area contributed by atoms with Crippen LogP contribution in [0.1, 0.15) is 13.2 Å². The van der Waals surface area contributed by atoms with Gasteiger partial charge < -0.3 is 19.9 Å². The summed E-state index contributed by atoms with van der Waals surface area (Å²) >= 11 is 0. The highest BCUT2D eigenvalue weighted by Gasteiger charge is 2.52. The zero-order valence-electron chi connectivity index (χ0n) is 11.2. The summed E-state index contributed by atoms with van der Waals surface area (Å²) in [6.07, 6.45) is 6.34. The number of ether oxygens (including phenoxy) is 1. The van der Waals surface area contributed by atoms with Crippen LogP contribution < -0.4 is 5.56 Å². The predicted molar refractivity (Wildman–Crippen MR) is 72.1 cm³/mol. The largest absolute Gasteiger partial charge is 0.392 e. The normalized spacial score (nSPS) is 32.4. The Bertz CT molecular complexity index is 776. The Labute approximate surface area is 119 Å². The van der Waals surface area contributed by atoms with Crippen molar-refractivity contribution in [3.63, 3.8) is 0 Å². The standard InChI is InChI=1S/C13H14N4O4/c1-3-13(4-18)9(19)7(2)12(21-13)17-6-16-8-10(17)14-5-15-11(8)20/h1,5-7,9,12,18-19H,4H2,2H3,(H,14,15,20)/t7-,9-,12+,13+/m0/s1. The van der Waals surface area contributed by atoms with Gasteiger partial charge >= 0.3 is 0 Å². The van der Waals surface area contributed by atoms with Crippen LogP contribution in [0.4, 0.5) is 0 Å². The summed E-state index contributed by atoms with van der Waals surface area (Å²) in [5.41, 5.74) is -1.34. The molecule has 1 saturated heterocycles. The zero-order chi connectivity index (χ0) is 15.2. The van der Waals surface area contributed by atoms with Crippen molar-refractivity contribution in [2.24, 2.45) is 5.92 Å². The van der Waals surface area contributed by atoms with Gasteiger partial charge in [0.25, 0.3) is 5.56 Å². The molecule has 0 radical (unpaired) electrons. The van der Waals surface area contributed by atoms with E-state index in [1.807, 2.05) is 0 Å². The number of hydrogen-bond donors (Lipinski definition) is 3. The topological polar surface area (TPSA) is 113 Å². The number of imidazole rings is 1. The molecule has 8 nitrogen and oxygen atoms in total. The van der Waals surface area contributed by atoms with Crippen LogP contribution in [0.3, 0.4) is 0 Å². The summed E-state index contributed by atoms with van der Waals surface area (Å²) in [5, 5.41) is 19.7. The summed E-state index contributed by atoms with van der Waals surface area (Å²) in [6, 6.07) is 0. The molecule has 3 heterocycles. The number of aliphatic hydroxyl groups excluding tert-OH is 2. The highest BCUT2D eigenvalue weighted by molar-refractivity contribution is 5.68. The van der Waals surface area contributed by atoms with Crippen molar-refractivity contribution in [2.45, 2.75) is 24.9 Å². The van der Waals surface area contributed by atoms with Crippen molar-refractivity contribution in [3.05, 3.63) is 23.0 Å². The predicted octanol–water partition coefficient (Wildman–Crippen LogP) is -0.990. The van der Waals surface area contributed by atoms with E-state index >= 15 is 0 Å². The van der Waals surface area contributed by atoms with Gasteiger partial charge in [0.15, 0.2) is 16.8 Å². The third-order valence-corrected chi connectivity index (χ3v) is 3.88.